The zero-order valence-electron chi connectivity index (χ0n) is 10.6. The van der Waals surface area contributed by atoms with E-state index < -0.39 is 28.7 Å². The van der Waals surface area contributed by atoms with E-state index in [1.807, 2.05) is 0 Å². The lowest BCUT2D eigenvalue weighted by Gasteiger charge is -2.10. The lowest BCUT2D eigenvalue weighted by atomic mass is 10.1. The van der Waals surface area contributed by atoms with Gasteiger partial charge in [-0.05, 0) is 17.7 Å². The van der Waals surface area contributed by atoms with Gasteiger partial charge in [0.15, 0.2) is 5.43 Å². The van der Waals surface area contributed by atoms with Gasteiger partial charge in [-0.3, -0.25) is 4.79 Å². The maximum Gasteiger partial charge on any atom is 0.416 e. The fourth-order valence-corrected chi connectivity index (χ4v) is 1.84. The van der Waals surface area contributed by atoms with Crippen LogP contribution >= 0.6 is 0 Å². The summed E-state index contributed by atoms with van der Waals surface area (Å²) in [6.45, 7) is 0.0322. The molecule has 0 amide bonds. The number of aromatic nitrogens is 1. The molecule has 0 aliphatic carbocycles. The van der Waals surface area contributed by atoms with E-state index in [1.165, 1.54) is 22.9 Å². The highest BCUT2D eigenvalue weighted by Gasteiger charge is 2.30. The van der Waals surface area contributed by atoms with Crippen molar-refractivity contribution in [2.24, 2.45) is 0 Å². The van der Waals surface area contributed by atoms with Crippen molar-refractivity contribution < 1.29 is 23.1 Å². The Morgan fingerprint density at radius 3 is 2.57 bits per heavy atom. The number of rotatable bonds is 3. The third kappa shape index (κ3) is 3.50. The van der Waals surface area contributed by atoms with Gasteiger partial charge in [0.2, 0.25) is 0 Å². The van der Waals surface area contributed by atoms with E-state index in [2.05, 4.69) is 0 Å². The van der Waals surface area contributed by atoms with Crippen molar-refractivity contribution in [3.05, 3.63) is 69.6 Å². The highest BCUT2D eigenvalue weighted by atomic mass is 19.4. The van der Waals surface area contributed by atoms with Crippen LogP contribution in [0.5, 0.6) is 0 Å². The normalized spacial score (nSPS) is 11.4. The number of nitrogens with zero attached hydrogens (tertiary/aromatic N) is 1. The largest absolute Gasteiger partial charge is 0.477 e. The molecular weight excluding hydrogens is 287 g/mol. The molecule has 0 bridgehead atoms. The summed E-state index contributed by atoms with van der Waals surface area (Å²) in [5.74, 6) is -1.38. The third-order valence-corrected chi connectivity index (χ3v) is 2.83. The van der Waals surface area contributed by atoms with Crippen molar-refractivity contribution in [2.75, 3.05) is 0 Å². The van der Waals surface area contributed by atoms with E-state index in [9.17, 15) is 22.8 Å². The van der Waals surface area contributed by atoms with E-state index in [-0.39, 0.29) is 6.54 Å². The predicted molar refractivity (Wildman–Crippen MR) is 68.2 cm³/mol. The standard InChI is InChI=1S/C14H10F3NO3/c15-14(16,17)10-3-1-2-9(6-10)7-18-5-4-12(19)11(8-18)13(20)21/h1-6,8H,7H2,(H,20,21). The lowest BCUT2D eigenvalue weighted by molar-refractivity contribution is -0.137. The molecular formula is C14H10F3NO3. The molecule has 0 radical (unpaired) electrons. The molecule has 0 fully saturated rings. The SMILES string of the molecule is O=C(O)c1cn(Cc2cccc(C(F)(F)F)c2)ccc1=O. The van der Waals surface area contributed by atoms with E-state index in [0.29, 0.717) is 5.56 Å². The summed E-state index contributed by atoms with van der Waals surface area (Å²) in [4.78, 5) is 22.2. The molecule has 0 saturated carbocycles. The number of hydrogen-bond acceptors (Lipinski definition) is 2. The van der Waals surface area contributed by atoms with Gasteiger partial charge >= 0.3 is 12.1 Å². The Morgan fingerprint density at radius 1 is 1.24 bits per heavy atom. The Balaban J connectivity index is 2.33. The van der Waals surface area contributed by atoms with Gasteiger partial charge in [0.1, 0.15) is 5.56 Å². The van der Waals surface area contributed by atoms with E-state index in [1.54, 1.807) is 0 Å². The first-order chi connectivity index (χ1) is 9.77. The smallest absolute Gasteiger partial charge is 0.416 e. The minimum absolute atomic E-state index is 0.0322. The Bertz CT molecular complexity index is 735. The number of carbonyl (C=O) groups is 1. The molecule has 21 heavy (non-hydrogen) atoms. The van der Waals surface area contributed by atoms with Crippen LogP contribution in [0.1, 0.15) is 21.5 Å². The second-order valence-electron chi connectivity index (χ2n) is 4.40. The summed E-state index contributed by atoms with van der Waals surface area (Å²) in [5, 5.41) is 8.84. The molecule has 1 aromatic heterocycles. The highest BCUT2D eigenvalue weighted by Crippen LogP contribution is 2.29. The van der Waals surface area contributed by atoms with Crippen LogP contribution in [-0.2, 0) is 12.7 Å². The van der Waals surface area contributed by atoms with Crippen LogP contribution in [-0.4, -0.2) is 15.6 Å². The van der Waals surface area contributed by atoms with Gasteiger partial charge in [0.05, 0.1) is 5.56 Å². The number of benzene rings is 1. The summed E-state index contributed by atoms with van der Waals surface area (Å²) in [6.07, 6.45) is -2.01. The fourth-order valence-electron chi connectivity index (χ4n) is 1.84. The van der Waals surface area contributed by atoms with Gasteiger partial charge in [-0.2, -0.15) is 13.2 Å². The summed E-state index contributed by atoms with van der Waals surface area (Å²) in [7, 11) is 0. The van der Waals surface area contributed by atoms with Crippen LogP contribution in [0, 0.1) is 0 Å². The topological polar surface area (TPSA) is 59.3 Å². The molecule has 1 heterocycles. The van der Waals surface area contributed by atoms with Gasteiger partial charge in [-0.15, -0.1) is 0 Å². The predicted octanol–water partition coefficient (Wildman–Crippen LogP) is 2.61. The van der Waals surface area contributed by atoms with Crippen LogP contribution in [0.4, 0.5) is 13.2 Å². The van der Waals surface area contributed by atoms with Crippen molar-refractivity contribution in [1.29, 1.82) is 0 Å². The van der Waals surface area contributed by atoms with Gasteiger partial charge in [0, 0.05) is 25.0 Å². The second-order valence-corrected chi connectivity index (χ2v) is 4.40. The van der Waals surface area contributed by atoms with Crippen molar-refractivity contribution in [1.82, 2.24) is 4.57 Å². The molecule has 0 atom stereocenters. The molecule has 0 unspecified atom stereocenters. The Morgan fingerprint density at radius 2 is 1.95 bits per heavy atom. The zero-order valence-corrected chi connectivity index (χ0v) is 10.6. The number of halogens is 3. The highest BCUT2D eigenvalue weighted by molar-refractivity contribution is 5.86. The Kier molecular flexibility index (Phi) is 3.84. The van der Waals surface area contributed by atoms with Crippen molar-refractivity contribution in [2.45, 2.75) is 12.7 Å². The van der Waals surface area contributed by atoms with Crippen LogP contribution in [0.3, 0.4) is 0 Å². The van der Waals surface area contributed by atoms with Gasteiger partial charge in [0.25, 0.3) is 0 Å². The number of hydrogen-bond donors (Lipinski definition) is 1. The monoisotopic (exact) mass is 297 g/mol. The number of carboxylic acid groups (broad SMARTS) is 1. The summed E-state index contributed by atoms with van der Waals surface area (Å²) >= 11 is 0. The molecule has 4 nitrogen and oxygen atoms in total. The second kappa shape index (κ2) is 5.43. The number of alkyl halides is 3. The summed E-state index contributed by atoms with van der Waals surface area (Å²) in [5.41, 5.74) is -1.50. The minimum Gasteiger partial charge on any atom is -0.477 e. The van der Waals surface area contributed by atoms with E-state index >= 15 is 0 Å². The Hall–Kier alpha value is -2.57. The first kappa shape index (κ1) is 14.8. The minimum atomic E-state index is -4.44. The summed E-state index contributed by atoms with van der Waals surface area (Å²) in [6, 6.07) is 5.78. The maximum absolute atomic E-state index is 12.6. The van der Waals surface area contributed by atoms with Crippen molar-refractivity contribution in [3.63, 3.8) is 0 Å². The quantitative estimate of drug-likeness (QED) is 0.947. The van der Waals surface area contributed by atoms with Crippen LogP contribution in [0.15, 0.2) is 47.5 Å². The lowest BCUT2D eigenvalue weighted by Crippen LogP contribution is -2.17. The van der Waals surface area contributed by atoms with E-state index in [4.69, 9.17) is 5.11 Å². The van der Waals surface area contributed by atoms with Crippen LogP contribution < -0.4 is 5.43 Å². The molecule has 110 valence electrons. The molecule has 0 aliphatic heterocycles. The Labute approximate surface area is 117 Å². The van der Waals surface area contributed by atoms with Crippen molar-refractivity contribution in [3.8, 4) is 0 Å². The van der Waals surface area contributed by atoms with Crippen molar-refractivity contribution >= 4 is 5.97 Å². The third-order valence-electron chi connectivity index (χ3n) is 2.83. The molecule has 1 aromatic carbocycles. The summed E-state index contributed by atoms with van der Waals surface area (Å²) < 4.78 is 39.2. The fraction of sp³-hybridized carbons (Fsp3) is 0.143. The molecule has 7 heteroatoms. The maximum atomic E-state index is 12.6. The van der Waals surface area contributed by atoms with E-state index in [0.717, 1.165) is 24.4 Å². The number of aromatic carboxylic acids is 1. The number of carboxylic acids is 1. The first-order valence-corrected chi connectivity index (χ1v) is 5.87. The molecule has 2 aromatic rings. The van der Waals surface area contributed by atoms with Gasteiger partial charge in [-0.1, -0.05) is 12.1 Å². The number of pyridine rings is 1. The average molecular weight is 297 g/mol. The van der Waals surface area contributed by atoms with Crippen LogP contribution in [0.25, 0.3) is 0 Å². The molecule has 1 N–H and O–H groups in total. The first-order valence-electron chi connectivity index (χ1n) is 5.87. The zero-order chi connectivity index (χ0) is 15.6. The molecule has 0 saturated heterocycles. The van der Waals surface area contributed by atoms with Gasteiger partial charge in [-0.25, -0.2) is 4.79 Å². The average Bonchev–Trinajstić information content (AvgIpc) is 2.40. The van der Waals surface area contributed by atoms with Crippen LogP contribution in [0.2, 0.25) is 0 Å². The molecule has 2 rings (SSSR count). The van der Waals surface area contributed by atoms with Gasteiger partial charge < -0.3 is 9.67 Å². The molecule has 0 spiro atoms. The molecule has 0 aliphatic rings.